The summed E-state index contributed by atoms with van der Waals surface area (Å²) in [4.78, 5) is 32.0. The highest BCUT2D eigenvalue weighted by molar-refractivity contribution is 7.18. The molecule has 1 aliphatic carbocycles. The van der Waals surface area contributed by atoms with E-state index in [0.717, 1.165) is 24.8 Å². The van der Waals surface area contributed by atoms with Crippen LogP contribution in [0, 0.1) is 10.1 Å². The Kier molecular flexibility index (Phi) is 3.89. The number of rotatable bonds is 3. The monoisotopic (exact) mass is 373 g/mol. The molecule has 2 aromatic heterocycles. The number of nitro benzene ring substituents is 1. The summed E-state index contributed by atoms with van der Waals surface area (Å²) in [7, 11) is 0. The second-order valence-electron chi connectivity index (χ2n) is 5.80. The van der Waals surface area contributed by atoms with Crippen molar-refractivity contribution in [3.8, 4) is 0 Å². The SMILES string of the molecule is O=c1[nH]c(/C(Cl)=C/c2cccc([N+](=O)[O-])c2)nc2sc3c(c12)CCC3. The van der Waals surface area contributed by atoms with Gasteiger partial charge >= 0.3 is 0 Å². The summed E-state index contributed by atoms with van der Waals surface area (Å²) in [6.07, 6.45) is 4.53. The number of halogens is 1. The molecular weight excluding hydrogens is 362 g/mol. The molecule has 126 valence electrons. The van der Waals surface area contributed by atoms with E-state index >= 15 is 0 Å². The molecule has 0 bridgehead atoms. The summed E-state index contributed by atoms with van der Waals surface area (Å²) < 4.78 is 0. The maximum atomic E-state index is 12.5. The minimum atomic E-state index is -0.468. The maximum absolute atomic E-state index is 12.5. The number of non-ortho nitro benzene ring substituents is 1. The fourth-order valence-electron chi connectivity index (χ4n) is 3.06. The van der Waals surface area contributed by atoms with Gasteiger partial charge in [-0.1, -0.05) is 23.7 Å². The van der Waals surface area contributed by atoms with Crippen LogP contribution >= 0.6 is 22.9 Å². The van der Waals surface area contributed by atoms with Gasteiger partial charge in [-0.25, -0.2) is 4.98 Å². The average molecular weight is 374 g/mol. The van der Waals surface area contributed by atoms with Crippen LogP contribution in [0.15, 0.2) is 29.1 Å². The quantitative estimate of drug-likeness (QED) is 0.552. The first-order valence-corrected chi connectivity index (χ1v) is 8.89. The molecule has 0 atom stereocenters. The third kappa shape index (κ3) is 2.85. The first kappa shape index (κ1) is 16.0. The van der Waals surface area contributed by atoms with Gasteiger partial charge < -0.3 is 4.98 Å². The minimum absolute atomic E-state index is 0.0233. The van der Waals surface area contributed by atoms with Crippen LogP contribution < -0.4 is 5.56 Å². The van der Waals surface area contributed by atoms with Gasteiger partial charge in [0.1, 0.15) is 4.83 Å². The van der Waals surface area contributed by atoms with Crippen molar-refractivity contribution in [3.05, 3.63) is 66.6 Å². The normalized spacial score (nSPS) is 14.0. The molecule has 25 heavy (non-hydrogen) atoms. The van der Waals surface area contributed by atoms with E-state index in [4.69, 9.17) is 11.6 Å². The Bertz CT molecular complexity index is 1100. The zero-order valence-electron chi connectivity index (χ0n) is 12.9. The number of nitrogens with zero attached hydrogens (tertiary/aromatic N) is 2. The van der Waals surface area contributed by atoms with Crippen LogP contribution in [0.1, 0.15) is 28.2 Å². The van der Waals surface area contributed by atoms with Gasteiger partial charge in [-0.2, -0.15) is 0 Å². The third-order valence-corrected chi connectivity index (χ3v) is 5.65. The molecule has 4 rings (SSSR count). The lowest BCUT2D eigenvalue weighted by atomic mass is 10.2. The molecule has 8 heteroatoms. The highest BCUT2D eigenvalue weighted by Gasteiger charge is 2.21. The minimum Gasteiger partial charge on any atom is -0.305 e. The van der Waals surface area contributed by atoms with Gasteiger partial charge in [-0.05, 0) is 36.5 Å². The molecular formula is C17H12ClN3O3S. The van der Waals surface area contributed by atoms with E-state index in [1.54, 1.807) is 18.2 Å². The van der Waals surface area contributed by atoms with E-state index < -0.39 is 4.92 Å². The fraction of sp³-hybridized carbons (Fsp3) is 0.176. The second kappa shape index (κ2) is 6.09. The number of fused-ring (bicyclic) bond motifs is 3. The number of thiophene rings is 1. The van der Waals surface area contributed by atoms with Crippen LogP contribution in [0.25, 0.3) is 21.3 Å². The zero-order valence-corrected chi connectivity index (χ0v) is 14.5. The van der Waals surface area contributed by atoms with Crippen LogP contribution in [-0.2, 0) is 12.8 Å². The average Bonchev–Trinajstić information content (AvgIpc) is 3.15. The van der Waals surface area contributed by atoms with Crippen molar-refractivity contribution in [1.29, 1.82) is 0 Å². The van der Waals surface area contributed by atoms with Gasteiger partial charge in [-0.3, -0.25) is 14.9 Å². The van der Waals surface area contributed by atoms with Crippen LogP contribution in [0.3, 0.4) is 0 Å². The van der Waals surface area contributed by atoms with Gasteiger partial charge in [0.25, 0.3) is 11.2 Å². The smallest absolute Gasteiger partial charge is 0.270 e. The predicted octanol–water partition coefficient (Wildman–Crippen LogP) is 4.12. The molecule has 0 saturated carbocycles. The summed E-state index contributed by atoms with van der Waals surface area (Å²) in [6, 6.07) is 6.10. The molecule has 2 heterocycles. The second-order valence-corrected chi connectivity index (χ2v) is 7.29. The highest BCUT2D eigenvalue weighted by atomic mass is 35.5. The number of aromatic amines is 1. The molecule has 1 aliphatic rings. The van der Waals surface area contributed by atoms with Gasteiger partial charge in [0, 0.05) is 17.0 Å². The molecule has 3 aromatic rings. The molecule has 0 fully saturated rings. The van der Waals surface area contributed by atoms with E-state index in [2.05, 4.69) is 9.97 Å². The molecule has 1 aromatic carbocycles. The van der Waals surface area contributed by atoms with E-state index in [1.807, 2.05) is 0 Å². The standard InChI is InChI=1S/C17H12ClN3O3S/c18-12(8-9-3-1-4-10(7-9)21(23)24)15-19-16(22)14-11-5-2-6-13(11)25-17(14)20-15/h1,3-4,7-8H,2,5-6H2,(H,19,20,22)/b12-8-. The van der Waals surface area contributed by atoms with Gasteiger partial charge in [-0.15, -0.1) is 11.3 Å². The van der Waals surface area contributed by atoms with Gasteiger partial charge in [0.15, 0.2) is 5.82 Å². The molecule has 1 N–H and O–H groups in total. The Balaban J connectivity index is 1.78. The number of hydrogen-bond donors (Lipinski definition) is 1. The van der Waals surface area contributed by atoms with E-state index in [1.165, 1.54) is 28.3 Å². The molecule has 0 aliphatic heterocycles. The van der Waals surface area contributed by atoms with Gasteiger partial charge in [0.2, 0.25) is 0 Å². The summed E-state index contributed by atoms with van der Waals surface area (Å²) in [5.74, 6) is 0.269. The highest BCUT2D eigenvalue weighted by Crippen LogP contribution is 2.35. The molecule has 0 unspecified atom stereocenters. The van der Waals surface area contributed by atoms with Gasteiger partial charge in [0.05, 0.1) is 15.3 Å². The number of nitro groups is 1. The van der Waals surface area contributed by atoms with E-state index in [9.17, 15) is 14.9 Å². The van der Waals surface area contributed by atoms with Crippen molar-refractivity contribution in [2.45, 2.75) is 19.3 Å². The molecule has 0 spiro atoms. The molecule has 0 amide bonds. The predicted molar refractivity (Wildman–Crippen MR) is 99.1 cm³/mol. The Morgan fingerprint density at radius 3 is 3.04 bits per heavy atom. The van der Waals surface area contributed by atoms with Crippen molar-refractivity contribution in [3.63, 3.8) is 0 Å². The van der Waals surface area contributed by atoms with Crippen molar-refractivity contribution >= 4 is 50.0 Å². The van der Waals surface area contributed by atoms with Crippen LogP contribution in [0.4, 0.5) is 5.69 Å². The Hall–Kier alpha value is -2.51. The zero-order chi connectivity index (χ0) is 17.6. The van der Waals surface area contributed by atoms with Crippen molar-refractivity contribution in [1.82, 2.24) is 9.97 Å². The first-order valence-electron chi connectivity index (χ1n) is 7.69. The topological polar surface area (TPSA) is 88.9 Å². The largest absolute Gasteiger partial charge is 0.305 e. The van der Waals surface area contributed by atoms with Crippen LogP contribution in [0.5, 0.6) is 0 Å². The molecule has 0 radical (unpaired) electrons. The Labute approximate surface area is 150 Å². The Morgan fingerprint density at radius 2 is 2.24 bits per heavy atom. The van der Waals surface area contributed by atoms with Crippen LogP contribution in [0.2, 0.25) is 0 Å². The number of nitrogens with one attached hydrogen (secondary N) is 1. The van der Waals surface area contributed by atoms with E-state index in [0.29, 0.717) is 15.8 Å². The van der Waals surface area contributed by atoms with Crippen molar-refractivity contribution < 1.29 is 4.92 Å². The summed E-state index contributed by atoms with van der Waals surface area (Å²) in [5.41, 5.74) is 1.46. The third-order valence-electron chi connectivity index (χ3n) is 4.18. The fourth-order valence-corrected chi connectivity index (χ4v) is 4.54. The number of aromatic nitrogens is 2. The van der Waals surface area contributed by atoms with Crippen LogP contribution in [-0.4, -0.2) is 14.9 Å². The number of H-pyrrole nitrogens is 1. The van der Waals surface area contributed by atoms with Crippen molar-refractivity contribution in [2.24, 2.45) is 0 Å². The molecule has 0 saturated heterocycles. The number of aryl methyl sites for hydroxylation is 2. The van der Waals surface area contributed by atoms with E-state index in [-0.39, 0.29) is 22.1 Å². The summed E-state index contributed by atoms with van der Waals surface area (Å²) >= 11 is 7.84. The van der Waals surface area contributed by atoms with Crippen molar-refractivity contribution in [2.75, 3.05) is 0 Å². The molecule has 6 nitrogen and oxygen atoms in total. The summed E-state index contributed by atoms with van der Waals surface area (Å²) in [6.45, 7) is 0. The lowest BCUT2D eigenvalue weighted by molar-refractivity contribution is -0.384. The lowest BCUT2D eigenvalue weighted by Gasteiger charge is -2.01. The number of benzene rings is 1. The maximum Gasteiger partial charge on any atom is 0.270 e. The Morgan fingerprint density at radius 1 is 1.40 bits per heavy atom. The summed E-state index contributed by atoms with van der Waals surface area (Å²) in [5, 5.41) is 11.8. The lowest BCUT2D eigenvalue weighted by Crippen LogP contribution is -2.10. The number of hydrogen-bond acceptors (Lipinski definition) is 5. The first-order chi connectivity index (χ1) is 12.0.